The Morgan fingerprint density at radius 1 is 1.45 bits per heavy atom. The Hall–Kier alpha value is -1.42. The molecule has 0 aliphatic carbocycles. The first kappa shape index (κ1) is 15.0. The van der Waals surface area contributed by atoms with E-state index in [0.717, 1.165) is 38.8 Å². The van der Waals surface area contributed by atoms with Crippen molar-refractivity contribution in [1.29, 1.82) is 0 Å². The minimum atomic E-state index is 0.332. The number of nitrogens with one attached hydrogen (secondary N) is 1. The zero-order valence-corrected chi connectivity index (χ0v) is 12.5. The van der Waals surface area contributed by atoms with Crippen molar-refractivity contribution in [2.45, 2.75) is 58.2 Å². The van der Waals surface area contributed by atoms with Crippen molar-refractivity contribution in [1.82, 2.24) is 15.2 Å². The summed E-state index contributed by atoms with van der Waals surface area (Å²) in [7, 11) is 0. The number of likely N-dealkylation sites (tertiary alicyclic amines) is 1. The van der Waals surface area contributed by atoms with Crippen LogP contribution in [-0.4, -0.2) is 34.4 Å². The number of hydrogen-bond acceptors (Lipinski definition) is 3. The smallest absolute Gasteiger partial charge is 0.223 e. The molecule has 2 atom stereocenters. The van der Waals surface area contributed by atoms with Crippen LogP contribution in [0.5, 0.6) is 0 Å². The lowest BCUT2D eigenvalue weighted by molar-refractivity contribution is -0.131. The van der Waals surface area contributed by atoms with Crippen molar-refractivity contribution in [3.63, 3.8) is 0 Å². The third-order valence-electron chi connectivity index (χ3n) is 4.17. The van der Waals surface area contributed by atoms with Gasteiger partial charge in [-0.15, -0.1) is 0 Å². The Morgan fingerprint density at radius 2 is 2.20 bits per heavy atom. The number of carbonyl (C=O) groups is 1. The number of aromatic nitrogens is 1. The Kier molecular flexibility index (Phi) is 5.53. The van der Waals surface area contributed by atoms with Crippen molar-refractivity contribution in [3.8, 4) is 0 Å². The molecular formula is C16H25N3O. The molecule has 0 radical (unpaired) electrons. The molecule has 1 amide bonds. The molecule has 4 heteroatoms. The van der Waals surface area contributed by atoms with Gasteiger partial charge in [0.1, 0.15) is 0 Å². The van der Waals surface area contributed by atoms with Crippen molar-refractivity contribution in [2.75, 3.05) is 6.54 Å². The van der Waals surface area contributed by atoms with Crippen LogP contribution >= 0.6 is 0 Å². The van der Waals surface area contributed by atoms with Crippen LogP contribution in [0.1, 0.15) is 45.1 Å². The Labute approximate surface area is 121 Å². The molecular weight excluding hydrogens is 250 g/mol. The number of amides is 1. The van der Waals surface area contributed by atoms with Gasteiger partial charge in [-0.05, 0) is 50.4 Å². The van der Waals surface area contributed by atoms with E-state index >= 15 is 0 Å². The summed E-state index contributed by atoms with van der Waals surface area (Å²) < 4.78 is 0. The third kappa shape index (κ3) is 3.79. The van der Waals surface area contributed by atoms with Crippen molar-refractivity contribution in [2.24, 2.45) is 0 Å². The third-order valence-corrected chi connectivity index (χ3v) is 4.17. The van der Waals surface area contributed by atoms with E-state index in [9.17, 15) is 4.79 Å². The van der Waals surface area contributed by atoms with Gasteiger partial charge in [0.25, 0.3) is 0 Å². The molecule has 1 aromatic heterocycles. The molecule has 1 aliphatic heterocycles. The lowest BCUT2D eigenvalue weighted by atomic mass is 10.1. The predicted molar refractivity (Wildman–Crippen MR) is 80.2 cm³/mol. The van der Waals surface area contributed by atoms with Gasteiger partial charge in [-0.25, -0.2) is 0 Å². The van der Waals surface area contributed by atoms with E-state index in [2.05, 4.69) is 29.0 Å². The standard InChI is InChI=1S/C16H25N3O/c1-3-13(2)19-15(4-5-16(19)20)8-11-18-12-14-6-9-17-10-7-14/h6-7,9-10,13,15,18H,3-5,8,11-12H2,1-2H3/t13-,15-/m1/s1. The van der Waals surface area contributed by atoms with Crippen LogP contribution in [0.2, 0.25) is 0 Å². The number of rotatable bonds is 7. The zero-order chi connectivity index (χ0) is 14.4. The molecule has 1 aliphatic rings. The SMILES string of the molecule is CC[C@@H](C)N1C(=O)CC[C@@H]1CCNCc1ccncc1. The summed E-state index contributed by atoms with van der Waals surface area (Å²) in [5.74, 6) is 0.332. The van der Waals surface area contributed by atoms with Crippen LogP contribution in [0, 0.1) is 0 Å². The highest BCUT2D eigenvalue weighted by Crippen LogP contribution is 2.24. The van der Waals surface area contributed by atoms with Gasteiger partial charge >= 0.3 is 0 Å². The van der Waals surface area contributed by atoms with Crippen molar-refractivity contribution < 1.29 is 4.79 Å². The van der Waals surface area contributed by atoms with Gasteiger partial charge < -0.3 is 10.2 Å². The van der Waals surface area contributed by atoms with E-state index in [4.69, 9.17) is 0 Å². The fraction of sp³-hybridized carbons (Fsp3) is 0.625. The van der Waals surface area contributed by atoms with Crippen molar-refractivity contribution in [3.05, 3.63) is 30.1 Å². The predicted octanol–water partition coefficient (Wildman–Crippen LogP) is 2.35. The minimum absolute atomic E-state index is 0.332. The van der Waals surface area contributed by atoms with Gasteiger partial charge in [0.2, 0.25) is 5.91 Å². The van der Waals surface area contributed by atoms with Gasteiger partial charge in [0.05, 0.1) is 0 Å². The maximum absolute atomic E-state index is 11.9. The summed E-state index contributed by atoms with van der Waals surface area (Å²) in [5.41, 5.74) is 1.25. The first-order chi connectivity index (χ1) is 9.72. The summed E-state index contributed by atoms with van der Waals surface area (Å²) in [5, 5.41) is 3.46. The van der Waals surface area contributed by atoms with Crippen LogP contribution in [0.25, 0.3) is 0 Å². The van der Waals surface area contributed by atoms with Gasteiger partial charge in [-0.1, -0.05) is 6.92 Å². The van der Waals surface area contributed by atoms with Crippen LogP contribution < -0.4 is 5.32 Å². The second-order valence-corrected chi connectivity index (χ2v) is 5.57. The first-order valence-corrected chi connectivity index (χ1v) is 7.63. The highest BCUT2D eigenvalue weighted by atomic mass is 16.2. The number of pyridine rings is 1. The molecule has 0 unspecified atom stereocenters. The molecule has 1 aromatic rings. The Morgan fingerprint density at radius 3 is 2.90 bits per heavy atom. The van der Waals surface area contributed by atoms with E-state index in [-0.39, 0.29) is 0 Å². The second kappa shape index (κ2) is 7.39. The number of nitrogens with zero attached hydrogens (tertiary/aromatic N) is 2. The van der Waals surface area contributed by atoms with E-state index in [1.807, 2.05) is 24.5 Å². The van der Waals surface area contributed by atoms with Crippen LogP contribution in [0.3, 0.4) is 0 Å². The summed E-state index contributed by atoms with van der Waals surface area (Å²) >= 11 is 0. The molecule has 20 heavy (non-hydrogen) atoms. The summed E-state index contributed by atoms with van der Waals surface area (Å²) in [4.78, 5) is 18.1. The fourth-order valence-corrected chi connectivity index (χ4v) is 2.85. The molecule has 110 valence electrons. The molecule has 2 heterocycles. The molecule has 1 N–H and O–H groups in total. The largest absolute Gasteiger partial charge is 0.337 e. The summed E-state index contributed by atoms with van der Waals surface area (Å²) in [6.45, 7) is 6.12. The van der Waals surface area contributed by atoms with Gasteiger partial charge in [0.15, 0.2) is 0 Å². The van der Waals surface area contributed by atoms with E-state index in [1.165, 1.54) is 5.56 Å². The van der Waals surface area contributed by atoms with Crippen LogP contribution in [-0.2, 0) is 11.3 Å². The normalized spacial score (nSPS) is 20.4. The Bertz CT molecular complexity index is 421. The Balaban J connectivity index is 1.74. The van der Waals surface area contributed by atoms with E-state index in [0.29, 0.717) is 18.0 Å². The minimum Gasteiger partial charge on any atom is -0.337 e. The van der Waals surface area contributed by atoms with Gasteiger partial charge in [0, 0.05) is 37.4 Å². The maximum Gasteiger partial charge on any atom is 0.223 e. The summed E-state index contributed by atoms with van der Waals surface area (Å²) in [6.07, 6.45) is 7.45. The average Bonchev–Trinajstić information content (AvgIpc) is 2.85. The lowest BCUT2D eigenvalue weighted by Gasteiger charge is -2.30. The quantitative estimate of drug-likeness (QED) is 0.777. The van der Waals surface area contributed by atoms with Crippen molar-refractivity contribution >= 4 is 5.91 Å². The van der Waals surface area contributed by atoms with Crippen LogP contribution in [0.15, 0.2) is 24.5 Å². The van der Waals surface area contributed by atoms with Gasteiger partial charge in [-0.2, -0.15) is 0 Å². The topological polar surface area (TPSA) is 45.2 Å². The highest BCUT2D eigenvalue weighted by molar-refractivity contribution is 5.79. The number of hydrogen-bond donors (Lipinski definition) is 1. The molecule has 2 rings (SSSR count). The highest BCUT2D eigenvalue weighted by Gasteiger charge is 2.32. The lowest BCUT2D eigenvalue weighted by Crippen LogP contribution is -2.41. The molecule has 0 bridgehead atoms. The zero-order valence-electron chi connectivity index (χ0n) is 12.5. The first-order valence-electron chi connectivity index (χ1n) is 7.63. The number of carbonyl (C=O) groups excluding carboxylic acids is 1. The molecule has 0 aromatic carbocycles. The molecule has 0 saturated carbocycles. The van der Waals surface area contributed by atoms with Crippen LogP contribution in [0.4, 0.5) is 0 Å². The second-order valence-electron chi connectivity index (χ2n) is 5.57. The van der Waals surface area contributed by atoms with E-state index in [1.54, 1.807) is 0 Å². The fourth-order valence-electron chi connectivity index (χ4n) is 2.85. The molecule has 1 saturated heterocycles. The average molecular weight is 275 g/mol. The monoisotopic (exact) mass is 275 g/mol. The molecule has 1 fully saturated rings. The maximum atomic E-state index is 11.9. The van der Waals surface area contributed by atoms with Gasteiger partial charge in [-0.3, -0.25) is 9.78 Å². The molecule has 4 nitrogen and oxygen atoms in total. The van der Waals surface area contributed by atoms with E-state index < -0.39 is 0 Å². The molecule has 0 spiro atoms. The summed E-state index contributed by atoms with van der Waals surface area (Å²) in [6, 6.07) is 4.84.